The first-order valence-corrected chi connectivity index (χ1v) is 10.6. The zero-order valence-electron chi connectivity index (χ0n) is 16.7. The second kappa shape index (κ2) is 8.78. The van der Waals surface area contributed by atoms with Crippen molar-refractivity contribution in [2.75, 3.05) is 5.32 Å². The molecule has 160 valence electrons. The van der Waals surface area contributed by atoms with Crippen LogP contribution in [0.15, 0.2) is 65.2 Å². The van der Waals surface area contributed by atoms with Crippen LogP contribution in [0.25, 0.3) is 21.7 Å². The number of carbonyl (C=O) groups excluding carboxylic acids is 3. The zero-order chi connectivity index (χ0) is 22.8. The molecule has 0 spiro atoms. The number of aryl methyl sites for hydroxylation is 1. The minimum Gasteiger partial charge on any atom is -0.366 e. The maximum absolute atomic E-state index is 13.0. The number of rotatable bonds is 6. The van der Waals surface area contributed by atoms with E-state index in [9.17, 15) is 14.4 Å². The van der Waals surface area contributed by atoms with Crippen LogP contribution in [0.2, 0.25) is 5.02 Å². The van der Waals surface area contributed by atoms with Gasteiger partial charge in [-0.2, -0.15) is 0 Å². The standard InChI is InChI=1S/C23H16ClN3O4S/c1-12-18(19(27-31-12)14-9-5-6-10-16(14)24)20(28)22(30)26-23-15(21(25)29)11-17(32-23)13-7-3-2-4-8-13/h2-11H,1H3,(H2,25,29)(H,26,30). The molecule has 2 amide bonds. The first kappa shape index (κ1) is 21.5. The summed E-state index contributed by atoms with van der Waals surface area (Å²) in [5.74, 6) is -2.37. The summed E-state index contributed by atoms with van der Waals surface area (Å²) in [7, 11) is 0. The lowest BCUT2D eigenvalue weighted by Crippen LogP contribution is -2.24. The van der Waals surface area contributed by atoms with Gasteiger partial charge in [0.2, 0.25) is 0 Å². The third-order valence-electron chi connectivity index (χ3n) is 4.71. The number of ketones is 1. The van der Waals surface area contributed by atoms with Gasteiger partial charge in [-0.1, -0.05) is 65.3 Å². The van der Waals surface area contributed by atoms with Gasteiger partial charge < -0.3 is 15.6 Å². The van der Waals surface area contributed by atoms with E-state index < -0.39 is 17.6 Å². The van der Waals surface area contributed by atoms with Crippen molar-refractivity contribution in [3.8, 4) is 21.7 Å². The van der Waals surface area contributed by atoms with Crippen LogP contribution >= 0.6 is 22.9 Å². The minimum atomic E-state index is -0.950. The highest BCUT2D eigenvalue weighted by molar-refractivity contribution is 7.20. The van der Waals surface area contributed by atoms with Gasteiger partial charge in [0.25, 0.3) is 17.6 Å². The molecule has 0 aliphatic carbocycles. The van der Waals surface area contributed by atoms with Crippen LogP contribution in [-0.2, 0) is 4.79 Å². The van der Waals surface area contributed by atoms with Gasteiger partial charge >= 0.3 is 0 Å². The number of amides is 2. The highest BCUT2D eigenvalue weighted by atomic mass is 35.5. The van der Waals surface area contributed by atoms with Crippen molar-refractivity contribution in [3.05, 3.63) is 82.6 Å². The van der Waals surface area contributed by atoms with Crippen molar-refractivity contribution in [1.29, 1.82) is 0 Å². The summed E-state index contributed by atoms with van der Waals surface area (Å²) in [6, 6.07) is 17.7. The average molecular weight is 466 g/mol. The van der Waals surface area contributed by atoms with Crippen LogP contribution in [0.4, 0.5) is 5.00 Å². The number of hydrogen-bond acceptors (Lipinski definition) is 6. The number of thiophene rings is 1. The van der Waals surface area contributed by atoms with Gasteiger partial charge in [0.1, 0.15) is 16.5 Å². The third-order valence-corrected chi connectivity index (χ3v) is 6.14. The van der Waals surface area contributed by atoms with Gasteiger partial charge in [-0.15, -0.1) is 11.3 Å². The highest BCUT2D eigenvalue weighted by Gasteiger charge is 2.29. The Morgan fingerprint density at radius 3 is 2.44 bits per heavy atom. The maximum atomic E-state index is 13.0. The number of halogens is 1. The molecule has 4 rings (SSSR count). The number of primary amides is 1. The Hall–Kier alpha value is -3.75. The van der Waals surface area contributed by atoms with E-state index in [1.54, 1.807) is 30.3 Å². The number of aromatic nitrogens is 1. The molecule has 0 unspecified atom stereocenters. The van der Waals surface area contributed by atoms with Crippen molar-refractivity contribution in [1.82, 2.24) is 5.16 Å². The van der Waals surface area contributed by atoms with Crippen LogP contribution in [-0.4, -0.2) is 22.8 Å². The Bertz CT molecular complexity index is 1340. The Morgan fingerprint density at radius 1 is 1.06 bits per heavy atom. The predicted molar refractivity (Wildman–Crippen MR) is 123 cm³/mol. The molecule has 7 nitrogen and oxygen atoms in total. The van der Waals surface area contributed by atoms with Gasteiger partial charge in [-0.05, 0) is 24.6 Å². The van der Waals surface area contributed by atoms with Gasteiger partial charge in [0, 0.05) is 10.4 Å². The van der Waals surface area contributed by atoms with Crippen molar-refractivity contribution >= 4 is 45.5 Å². The second-order valence-electron chi connectivity index (χ2n) is 6.81. The van der Waals surface area contributed by atoms with E-state index in [0.29, 0.717) is 10.6 Å². The first-order chi connectivity index (χ1) is 15.4. The van der Waals surface area contributed by atoms with Crippen molar-refractivity contribution in [2.45, 2.75) is 6.92 Å². The second-order valence-corrected chi connectivity index (χ2v) is 8.27. The molecular weight excluding hydrogens is 450 g/mol. The Balaban J connectivity index is 1.67. The normalized spacial score (nSPS) is 10.7. The van der Waals surface area contributed by atoms with Crippen LogP contribution in [0.1, 0.15) is 26.5 Å². The lowest BCUT2D eigenvalue weighted by molar-refractivity contribution is -0.112. The molecular formula is C23H16ClN3O4S. The van der Waals surface area contributed by atoms with Gasteiger partial charge in [0.15, 0.2) is 0 Å². The Morgan fingerprint density at radius 2 is 1.75 bits per heavy atom. The monoisotopic (exact) mass is 465 g/mol. The Kier molecular flexibility index (Phi) is 5.89. The molecule has 32 heavy (non-hydrogen) atoms. The van der Waals surface area contributed by atoms with E-state index in [2.05, 4.69) is 10.5 Å². The van der Waals surface area contributed by atoms with Gasteiger partial charge in [-0.25, -0.2) is 0 Å². The summed E-state index contributed by atoms with van der Waals surface area (Å²) >= 11 is 7.37. The smallest absolute Gasteiger partial charge is 0.297 e. The first-order valence-electron chi connectivity index (χ1n) is 9.42. The third kappa shape index (κ3) is 4.05. The van der Waals surface area contributed by atoms with Crippen LogP contribution in [0, 0.1) is 6.92 Å². The summed E-state index contributed by atoms with van der Waals surface area (Å²) in [6.07, 6.45) is 0. The SMILES string of the molecule is Cc1onc(-c2ccccc2Cl)c1C(=O)C(=O)Nc1sc(-c2ccccc2)cc1C(N)=O. The van der Waals surface area contributed by atoms with Gasteiger partial charge in [-0.3, -0.25) is 14.4 Å². The van der Waals surface area contributed by atoms with E-state index in [4.69, 9.17) is 21.9 Å². The summed E-state index contributed by atoms with van der Waals surface area (Å²) in [4.78, 5) is 38.5. The van der Waals surface area contributed by atoms with Crippen LogP contribution in [0.5, 0.6) is 0 Å². The lowest BCUT2D eigenvalue weighted by atomic mass is 10.0. The quantitative estimate of drug-likeness (QED) is 0.308. The molecule has 3 N–H and O–H groups in total. The number of anilines is 1. The number of Topliss-reactive ketones (excluding diaryl/α,β-unsaturated/α-hetero) is 1. The molecule has 0 saturated carbocycles. The average Bonchev–Trinajstić information content (AvgIpc) is 3.38. The van der Waals surface area contributed by atoms with E-state index in [1.165, 1.54) is 6.92 Å². The lowest BCUT2D eigenvalue weighted by Gasteiger charge is -2.05. The number of benzene rings is 2. The van der Waals surface area contributed by atoms with Crippen molar-refractivity contribution < 1.29 is 18.9 Å². The van der Waals surface area contributed by atoms with Crippen molar-refractivity contribution in [2.24, 2.45) is 5.73 Å². The van der Waals surface area contributed by atoms with Crippen LogP contribution < -0.4 is 11.1 Å². The maximum Gasteiger partial charge on any atom is 0.297 e. The fourth-order valence-electron chi connectivity index (χ4n) is 3.16. The predicted octanol–water partition coefficient (Wildman–Crippen LogP) is 4.95. The highest BCUT2D eigenvalue weighted by Crippen LogP contribution is 2.36. The summed E-state index contributed by atoms with van der Waals surface area (Å²) in [5, 5.41) is 6.97. The molecule has 2 aromatic heterocycles. The van der Waals surface area contributed by atoms with E-state index in [1.807, 2.05) is 30.3 Å². The van der Waals surface area contributed by atoms with Crippen LogP contribution in [0.3, 0.4) is 0 Å². The van der Waals surface area contributed by atoms with Gasteiger partial charge in [0.05, 0.1) is 16.1 Å². The largest absolute Gasteiger partial charge is 0.366 e. The molecule has 0 saturated heterocycles. The molecule has 2 heterocycles. The Labute approximate surface area is 191 Å². The molecule has 0 atom stereocenters. The molecule has 0 aliphatic rings. The number of nitrogens with zero attached hydrogens (tertiary/aromatic N) is 1. The van der Waals surface area contributed by atoms with E-state index >= 15 is 0 Å². The number of nitrogens with two attached hydrogens (primary N) is 1. The fourth-order valence-corrected chi connectivity index (χ4v) is 4.45. The van der Waals surface area contributed by atoms with Crippen molar-refractivity contribution in [3.63, 3.8) is 0 Å². The summed E-state index contributed by atoms with van der Waals surface area (Å²) in [5.41, 5.74) is 7.07. The molecule has 0 fully saturated rings. The number of carbonyl (C=O) groups is 3. The number of hydrogen-bond donors (Lipinski definition) is 2. The molecule has 0 radical (unpaired) electrons. The zero-order valence-corrected chi connectivity index (χ0v) is 18.3. The van der Waals surface area contributed by atoms with E-state index in [-0.39, 0.29) is 27.6 Å². The number of nitrogens with one attached hydrogen (secondary N) is 1. The minimum absolute atomic E-state index is 0.00364. The van der Waals surface area contributed by atoms with E-state index in [0.717, 1.165) is 21.8 Å². The molecule has 9 heteroatoms. The topological polar surface area (TPSA) is 115 Å². The molecule has 0 bridgehead atoms. The summed E-state index contributed by atoms with van der Waals surface area (Å²) < 4.78 is 5.17. The summed E-state index contributed by atoms with van der Waals surface area (Å²) in [6.45, 7) is 1.53. The molecule has 2 aromatic carbocycles. The fraction of sp³-hybridized carbons (Fsp3) is 0.0435. The molecule has 0 aliphatic heterocycles. The molecule has 4 aromatic rings.